The van der Waals surface area contributed by atoms with Gasteiger partial charge in [-0.1, -0.05) is 115 Å². The van der Waals surface area contributed by atoms with Crippen LogP contribution in [-0.2, 0) is 32.6 Å². The highest BCUT2D eigenvalue weighted by Crippen LogP contribution is 2.33. The molecular formula is C35H37Cl2N3O4S. The van der Waals surface area contributed by atoms with Crippen LogP contribution in [0, 0.1) is 12.8 Å². The Morgan fingerprint density at radius 2 is 1.44 bits per heavy atom. The van der Waals surface area contributed by atoms with Gasteiger partial charge in [0.2, 0.25) is 11.8 Å². The van der Waals surface area contributed by atoms with E-state index >= 15 is 0 Å². The van der Waals surface area contributed by atoms with Crippen LogP contribution in [0.3, 0.4) is 0 Å². The summed E-state index contributed by atoms with van der Waals surface area (Å²) in [5.74, 6) is -0.720. The normalized spacial score (nSPS) is 12.0. The monoisotopic (exact) mass is 665 g/mol. The molecule has 1 atom stereocenters. The summed E-state index contributed by atoms with van der Waals surface area (Å²) in [4.78, 5) is 29.8. The minimum atomic E-state index is -4.28. The Labute approximate surface area is 275 Å². The van der Waals surface area contributed by atoms with Crippen molar-refractivity contribution in [1.29, 1.82) is 0 Å². The molecule has 2 amide bonds. The van der Waals surface area contributed by atoms with Crippen molar-refractivity contribution in [2.45, 2.75) is 44.7 Å². The van der Waals surface area contributed by atoms with Crippen molar-refractivity contribution in [1.82, 2.24) is 10.2 Å². The first-order valence-electron chi connectivity index (χ1n) is 14.6. The van der Waals surface area contributed by atoms with Gasteiger partial charge in [-0.25, -0.2) is 8.42 Å². The molecule has 4 rings (SSSR count). The fraction of sp³-hybridized carbons (Fsp3) is 0.257. The van der Waals surface area contributed by atoms with Crippen LogP contribution in [0.15, 0.2) is 108 Å². The molecule has 1 N–H and O–H groups in total. The average molecular weight is 667 g/mol. The van der Waals surface area contributed by atoms with Gasteiger partial charge in [0.1, 0.15) is 12.6 Å². The summed E-state index contributed by atoms with van der Waals surface area (Å²) < 4.78 is 29.2. The molecule has 0 radical (unpaired) electrons. The molecule has 0 bridgehead atoms. The molecule has 0 saturated carbocycles. The minimum Gasteiger partial charge on any atom is -0.354 e. The van der Waals surface area contributed by atoms with Gasteiger partial charge < -0.3 is 10.2 Å². The Kier molecular flexibility index (Phi) is 11.7. The highest BCUT2D eigenvalue weighted by molar-refractivity contribution is 7.92. The molecule has 4 aromatic carbocycles. The summed E-state index contributed by atoms with van der Waals surface area (Å²) in [5, 5.41) is 3.34. The molecule has 0 fully saturated rings. The van der Waals surface area contributed by atoms with Crippen LogP contribution >= 0.6 is 23.2 Å². The van der Waals surface area contributed by atoms with E-state index in [4.69, 9.17) is 23.2 Å². The number of aryl methyl sites for hydroxylation is 1. The molecule has 0 aromatic heterocycles. The quantitative estimate of drug-likeness (QED) is 0.168. The van der Waals surface area contributed by atoms with E-state index in [1.807, 2.05) is 75.4 Å². The van der Waals surface area contributed by atoms with Crippen LogP contribution in [0.25, 0.3) is 0 Å². The number of carbonyl (C=O) groups is 2. The molecule has 236 valence electrons. The van der Waals surface area contributed by atoms with Crippen LogP contribution in [-0.4, -0.2) is 44.3 Å². The number of sulfonamides is 1. The van der Waals surface area contributed by atoms with E-state index in [-0.39, 0.29) is 45.4 Å². The van der Waals surface area contributed by atoms with E-state index in [9.17, 15) is 18.0 Å². The average Bonchev–Trinajstić information content (AvgIpc) is 3.03. The maximum atomic E-state index is 14.5. The van der Waals surface area contributed by atoms with Crippen LogP contribution in [0.2, 0.25) is 10.0 Å². The van der Waals surface area contributed by atoms with Crippen molar-refractivity contribution >= 4 is 50.7 Å². The summed E-state index contributed by atoms with van der Waals surface area (Å²) in [7, 11) is -4.28. The summed E-state index contributed by atoms with van der Waals surface area (Å²) in [6, 6.07) is 28.4. The third kappa shape index (κ3) is 9.10. The van der Waals surface area contributed by atoms with E-state index < -0.39 is 28.5 Å². The maximum absolute atomic E-state index is 14.5. The summed E-state index contributed by atoms with van der Waals surface area (Å²) >= 11 is 12.8. The van der Waals surface area contributed by atoms with Crippen molar-refractivity contribution < 1.29 is 18.0 Å². The number of nitrogens with zero attached hydrogens (tertiary/aromatic N) is 2. The molecule has 0 saturated heterocycles. The zero-order valence-corrected chi connectivity index (χ0v) is 27.8. The van der Waals surface area contributed by atoms with E-state index in [0.29, 0.717) is 6.54 Å². The first-order chi connectivity index (χ1) is 21.5. The van der Waals surface area contributed by atoms with E-state index in [2.05, 4.69) is 5.32 Å². The smallest absolute Gasteiger partial charge is 0.264 e. The van der Waals surface area contributed by atoms with Gasteiger partial charge in [0.25, 0.3) is 10.0 Å². The summed E-state index contributed by atoms with van der Waals surface area (Å²) in [6.45, 7) is 5.82. The zero-order valence-electron chi connectivity index (χ0n) is 25.5. The SMILES string of the molecule is Cc1ccc(CN(C(=O)CN(c2cc(Cl)ccc2Cl)S(=O)(=O)c2ccccc2)[C@@H](Cc2ccccc2)C(=O)NCC(C)C)cc1. The second kappa shape index (κ2) is 15.4. The van der Waals surface area contributed by atoms with Crippen LogP contribution < -0.4 is 9.62 Å². The number of halogens is 2. The second-order valence-corrected chi connectivity index (χ2v) is 14.0. The topological polar surface area (TPSA) is 86.8 Å². The fourth-order valence-electron chi connectivity index (χ4n) is 4.78. The first-order valence-corrected chi connectivity index (χ1v) is 16.8. The van der Waals surface area contributed by atoms with Gasteiger partial charge >= 0.3 is 0 Å². The third-order valence-electron chi connectivity index (χ3n) is 7.22. The van der Waals surface area contributed by atoms with E-state index in [0.717, 1.165) is 21.0 Å². The lowest BCUT2D eigenvalue weighted by molar-refractivity contribution is -0.140. The standard InChI is InChI=1S/C35H37Cl2N3O4S/c1-25(2)22-38-35(42)33(20-27-10-6-4-7-11-27)39(23-28-16-14-26(3)15-17-28)34(41)24-40(32-21-29(36)18-19-31(32)37)45(43,44)30-12-8-5-9-13-30/h4-19,21,25,33H,20,22-24H2,1-3H3,(H,38,42)/t33-/m0/s1. The number of benzene rings is 4. The highest BCUT2D eigenvalue weighted by Gasteiger charge is 2.35. The second-order valence-electron chi connectivity index (χ2n) is 11.3. The summed E-state index contributed by atoms with van der Waals surface area (Å²) in [5.41, 5.74) is 2.75. The van der Waals surface area contributed by atoms with Crippen molar-refractivity contribution in [2.24, 2.45) is 5.92 Å². The molecule has 45 heavy (non-hydrogen) atoms. The minimum absolute atomic E-state index is 0.0190. The Hall–Kier alpha value is -3.85. The van der Waals surface area contributed by atoms with Gasteiger partial charge in [-0.2, -0.15) is 0 Å². The number of nitrogens with one attached hydrogen (secondary N) is 1. The Morgan fingerprint density at radius 3 is 2.07 bits per heavy atom. The Bertz CT molecular complexity index is 1700. The van der Waals surface area contributed by atoms with Crippen molar-refractivity contribution in [3.63, 3.8) is 0 Å². The van der Waals surface area contributed by atoms with E-state index in [1.165, 1.54) is 29.2 Å². The van der Waals surface area contributed by atoms with Crippen LogP contribution in [0.4, 0.5) is 5.69 Å². The number of amides is 2. The largest absolute Gasteiger partial charge is 0.354 e. The molecule has 0 aliphatic rings. The molecule has 4 aromatic rings. The van der Waals surface area contributed by atoms with Gasteiger partial charge in [0.05, 0.1) is 15.6 Å². The van der Waals surface area contributed by atoms with Crippen molar-refractivity contribution in [3.8, 4) is 0 Å². The number of hydrogen-bond acceptors (Lipinski definition) is 4. The molecule has 0 aliphatic carbocycles. The fourth-order valence-corrected chi connectivity index (χ4v) is 6.66. The van der Waals surface area contributed by atoms with Gasteiger partial charge in [-0.05, 0) is 54.3 Å². The molecule has 0 unspecified atom stereocenters. The lowest BCUT2D eigenvalue weighted by Gasteiger charge is -2.34. The first kappa shape index (κ1) is 34.0. The van der Waals surface area contributed by atoms with Crippen molar-refractivity contribution in [3.05, 3.63) is 130 Å². The molecular weight excluding hydrogens is 629 g/mol. The predicted molar refractivity (Wildman–Crippen MR) is 181 cm³/mol. The Morgan fingerprint density at radius 1 is 0.822 bits per heavy atom. The van der Waals surface area contributed by atoms with Crippen molar-refractivity contribution in [2.75, 3.05) is 17.4 Å². The summed E-state index contributed by atoms with van der Waals surface area (Å²) in [6.07, 6.45) is 0.228. The maximum Gasteiger partial charge on any atom is 0.264 e. The number of carbonyl (C=O) groups excluding carboxylic acids is 2. The lowest BCUT2D eigenvalue weighted by atomic mass is 10.0. The predicted octanol–water partition coefficient (Wildman–Crippen LogP) is 6.91. The number of hydrogen-bond donors (Lipinski definition) is 1. The lowest BCUT2D eigenvalue weighted by Crippen LogP contribution is -2.53. The van der Waals surface area contributed by atoms with Gasteiger partial charge in [-0.15, -0.1) is 0 Å². The molecule has 0 heterocycles. The Balaban J connectivity index is 1.82. The molecule has 7 nitrogen and oxygen atoms in total. The van der Waals surface area contributed by atoms with Crippen LogP contribution in [0.5, 0.6) is 0 Å². The third-order valence-corrected chi connectivity index (χ3v) is 9.54. The molecule has 0 spiro atoms. The molecule has 0 aliphatic heterocycles. The van der Waals surface area contributed by atoms with E-state index in [1.54, 1.807) is 24.3 Å². The molecule has 10 heteroatoms. The van der Waals surface area contributed by atoms with Gasteiger partial charge in [0, 0.05) is 24.5 Å². The highest BCUT2D eigenvalue weighted by atomic mass is 35.5. The van der Waals surface area contributed by atoms with Crippen LogP contribution in [0.1, 0.15) is 30.5 Å². The zero-order chi connectivity index (χ0) is 32.6. The van der Waals surface area contributed by atoms with Gasteiger partial charge in [0.15, 0.2) is 0 Å². The number of rotatable bonds is 13. The number of anilines is 1. The van der Waals surface area contributed by atoms with Gasteiger partial charge in [-0.3, -0.25) is 13.9 Å².